The molecule has 1 amide bonds. The van der Waals surface area contributed by atoms with E-state index in [4.69, 9.17) is 18.9 Å². The van der Waals surface area contributed by atoms with Crippen LogP contribution in [0.4, 0.5) is 0 Å². The van der Waals surface area contributed by atoms with Crippen molar-refractivity contribution in [3.8, 4) is 17.2 Å². The number of H-pyrrole nitrogens is 2. The number of nitrogens with one attached hydrogen (secondary N) is 2. The summed E-state index contributed by atoms with van der Waals surface area (Å²) in [6, 6.07) is 3.50. The van der Waals surface area contributed by atoms with Gasteiger partial charge in [-0.1, -0.05) is 12.7 Å². The maximum absolute atomic E-state index is 13.9. The van der Waals surface area contributed by atoms with Crippen molar-refractivity contribution in [3.63, 3.8) is 0 Å². The lowest BCUT2D eigenvalue weighted by Crippen LogP contribution is -2.34. The van der Waals surface area contributed by atoms with E-state index in [1.54, 1.807) is 24.0 Å². The van der Waals surface area contributed by atoms with Gasteiger partial charge in [0.05, 0.1) is 38.1 Å². The Morgan fingerprint density at radius 2 is 1.92 bits per heavy atom. The number of carbonyl (C=O) groups excluding carboxylic acids is 3. The van der Waals surface area contributed by atoms with Crippen molar-refractivity contribution in [2.75, 3.05) is 34.5 Å². The third-order valence-electron chi connectivity index (χ3n) is 7.84. The predicted octanol–water partition coefficient (Wildman–Crippen LogP) is 3.67. The summed E-state index contributed by atoms with van der Waals surface area (Å²) in [5.74, 6) is 0.334. The second-order valence-electron chi connectivity index (χ2n) is 9.74. The topological polar surface area (TPSA) is 123 Å². The number of benzene rings is 1. The van der Waals surface area contributed by atoms with Gasteiger partial charge in [-0.25, -0.2) is 4.79 Å². The molecule has 1 aliphatic heterocycles. The van der Waals surface area contributed by atoms with Crippen LogP contribution < -0.4 is 14.2 Å². The molecule has 6 rings (SSSR count). The number of hydrogen-bond donors (Lipinski definition) is 2. The van der Waals surface area contributed by atoms with Gasteiger partial charge in [-0.2, -0.15) is 0 Å². The van der Waals surface area contributed by atoms with Gasteiger partial charge in [0.25, 0.3) is 5.91 Å². The van der Waals surface area contributed by atoms with Crippen molar-refractivity contribution in [1.82, 2.24) is 14.9 Å². The maximum atomic E-state index is 13.9. The number of methoxy groups -OCH3 is 3. The quantitative estimate of drug-likeness (QED) is 0.362. The predicted molar refractivity (Wildman–Crippen MR) is 137 cm³/mol. The Labute approximate surface area is 218 Å². The highest BCUT2D eigenvalue weighted by Gasteiger charge is 2.69. The normalized spacial score (nSPS) is 20.8. The average Bonchev–Trinajstić information content (AvgIpc) is 3.19. The van der Waals surface area contributed by atoms with E-state index in [2.05, 4.69) is 16.5 Å². The molecule has 1 saturated heterocycles. The Morgan fingerprint density at radius 1 is 1.16 bits per heavy atom. The molecule has 196 valence electrons. The van der Waals surface area contributed by atoms with Crippen molar-refractivity contribution in [1.29, 1.82) is 0 Å². The van der Waals surface area contributed by atoms with Crippen LogP contribution in [0.15, 0.2) is 36.6 Å². The van der Waals surface area contributed by atoms with Crippen molar-refractivity contribution >= 4 is 28.6 Å². The highest BCUT2D eigenvalue weighted by molar-refractivity contribution is 6.12. The van der Waals surface area contributed by atoms with E-state index in [1.807, 2.05) is 0 Å². The molecule has 3 aliphatic rings. The summed E-state index contributed by atoms with van der Waals surface area (Å²) in [7, 11) is 4.56. The number of piperidine rings is 1. The molecule has 38 heavy (non-hydrogen) atoms. The number of aromatic nitrogens is 2. The van der Waals surface area contributed by atoms with Crippen molar-refractivity contribution in [2.24, 2.45) is 5.92 Å². The van der Waals surface area contributed by atoms with Gasteiger partial charge in [-0.3, -0.25) is 9.59 Å². The molecule has 0 radical (unpaired) electrons. The first-order valence-electron chi connectivity index (χ1n) is 12.2. The number of esters is 1. The number of aryl methyl sites for hydroxylation is 1. The molecule has 0 unspecified atom stereocenters. The van der Waals surface area contributed by atoms with Crippen molar-refractivity contribution in [3.05, 3.63) is 64.8 Å². The van der Waals surface area contributed by atoms with Crippen LogP contribution in [0.3, 0.4) is 0 Å². The summed E-state index contributed by atoms with van der Waals surface area (Å²) < 4.78 is 21.8. The molecular weight excluding hydrogens is 490 g/mol. The van der Waals surface area contributed by atoms with Gasteiger partial charge < -0.3 is 33.8 Å². The Kier molecular flexibility index (Phi) is 5.20. The largest absolute Gasteiger partial charge is 0.493 e. The molecule has 10 nitrogen and oxygen atoms in total. The Bertz CT molecular complexity index is 1590. The van der Waals surface area contributed by atoms with Gasteiger partial charge in [0.2, 0.25) is 11.5 Å². The van der Waals surface area contributed by atoms with Crippen LogP contribution in [0.5, 0.6) is 17.2 Å². The van der Waals surface area contributed by atoms with Crippen LogP contribution >= 0.6 is 0 Å². The summed E-state index contributed by atoms with van der Waals surface area (Å²) in [5.41, 5.74) is 2.93. The van der Waals surface area contributed by atoms with E-state index < -0.39 is 11.4 Å². The summed E-state index contributed by atoms with van der Waals surface area (Å²) in [6.07, 6.45) is 3.77. The monoisotopic (exact) mass is 517 g/mol. The number of amides is 1. The van der Waals surface area contributed by atoms with Gasteiger partial charge in [0.15, 0.2) is 11.5 Å². The van der Waals surface area contributed by atoms with Crippen LogP contribution in [0.25, 0.3) is 10.9 Å². The number of ketones is 1. The first kappa shape index (κ1) is 23.9. The highest BCUT2D eigenvalue weighted by Crippen LogP contribution is 2.67. The summed E-state index contributed by atoms with van der Waals surface area (Å²) in [4.78, 5) is 47.9. The summed E-state index contributed by atoms with van der Waals surface area (Å²) in [5, 5.41) is 0.714. The zero-order valence-electron chi connectivity index (χ0n) is 21.5. The highest BCUT2D eigenvalue weighted by atomic mass is 16.5. The number of allylic oxidation sites excluding steroid dienone is 2. The number of likely N-dealkylation sites (tertiary alicyclic amines) is 1. The minimum absolute atomic E-state index is 0.0648. The Hall–Kier alpha value is -4.47. The van der Waals surface area contributed by atoms with E-state index in [-0.39, 0.29) is 24.2 Å². The standard InChI is InChI=1S/C28H27N3O7/c1-6-7-38-27(34)20-13(2)29-23-17(32)10-19-28(21(20)23)11-15(28)12-31(19)26(33)16-8-14-9-18(35-3)24(36-4)25(37-5)22(14)30-16/h6,8-10,15,29-30H,1,7,11-12H2,2-5H3/t15-,28+/m1/s1. The number of hydrogen-bond acceptors (Lipinski definition) is 7. The molecule has 1 spiro atoms. The Morgan fingerprint density at radius 3 is 2.61 bits per heavy atom. The molecule has 2 aromatic heterocycles. The van der Waals surface area contributed by atoms with Crippen LogP contribution in [-0.2, 0) is 10.2 Å². The maximum Gasteiger partial charge on any atom is 0.340 e. The Balaban J connectivity index is 1.41. The molecule has 0 bridgehead atoms. The molecule has 2 atom stereocenters. The van der Waals surface area contributed by atoms with Gasteiger partial charge in [0.1, 0.15) is 12.3 Å². The van der Waals surface area contributed by atoms with Crippen LogP contribution in [0, 0.1) is 12.8 Å². The third kappa shape index (κ3) is 3.03. The van der Waals surface area contributed by atoms with E-state index in [0.717, 1.165) is 6.42 Å². The SMILES string of the molecule is C=CCOC(=O)c1c(C)[nH]c2c1[C@@]13C[C@@H]1CN(C(=O)c1cc4cc(OC)c(OC)c(OC)c4[nH]1)C3=CC2=O. The van der Waals surface area contributed by atoms with Crippen molar-refractivity contribution in [2.45, 2.75) is 18.8 Å². The molecule has 2 N–H and O–H groups in total. The van der Waals surface area contributed by atoms with Gasteiger partial charge >= 0.3 is 5.97 Å². The zero-order chi connectivity index (χ0) is 26.9. The molecule has 1 aromatic carbocycles. The molecule has 1 saturated carbocycles. The second-order valence-corrected chi connectivity index (χ2v) is 9.74. The van der Waals surface area contributed by atoms with E-state index >= 15 is 0 Å². The molecule has 10 heteroatoms. The van der Waals surface area contributed by atoms with Crippen molar-refractivity contribution < 1.29 is 33.3 Å². The van der Waals surface area contributed by atoms with Gasteiger partial charge in [-0.15, -0.1) is 0 Å². The fourth-order valence-corrected chi connectivity index (χ4v) is 6.18. The number of carbonyl (C=O) groups is 3. The smallest absolute Gasteiger partial charge is 0.340 e. The van der Waals surface area contributed by atoms with Crippen LogP contribution in [0.1, 0.15) is 49.0 Å². The number of rotatable bonds is 7. The summed E-state index contributed by atoms with van der Waals surface area (Å²) >= 11 is 0. The minimum atomic E-state index is -0.581. The van der Waals surface area contributed by atoms with E-state index in [1.165, 1.54) is 33.5 Å². The fourth-order valence-electron chi connectivity index (χ4n) is 6.18. The lowest BCUT2D eigenvalue weighted by Gasteiger charge is -2.28. The number of ether oxygens (including phenoxy) is 4. The van der Waals surface area contributed by atoms with Crippen LogP contribution in [0.2, 0.25) is 0 Å². The summed E-state index contributed by atoms with van der Waals surface area (Å²) in [6.45, 7) is 5.85. The number of fused-ring (bicyclic) bond motifs is 2. The van der Waals surface area contributed by atoms with E-state index in [0.29, 0.717) is 68.6 Å². The lowest BCUT2D eigenvalue weighted by atomic mass is 9.82. The molecule has 3 aromatic rings. The fraction of sp³-hybridized carbons (Fsp3) is 0.321. The van der Waals surface area contributed by atoms with Gasteiger partial charge in [0, 0.05) is 40.4 Å². The number of aromatic amines is 2. The first-order valence-corrected chi connectivity index (χ1v) is 12.2. The van der Waals surface area contributed by atoms with Gasteiger partial charge in [-0.05, 0) is 31.4 Å². The minimum Gasteiger partial charge on any atom is -0.493 e. The molecule has 3 heterocycles. The molecule has 2 aliphatic carbocycles. The molecule has 2 fully saturated rings. The lowest BCUT2D eigenvalue weighted by molar-refractivity contribution is 0.0547. The van der Waals surface area contributed by atoms with Crippen LogP contribution in [-0.4, -0.2) is 67.0 Å². The zero-order valence-corrected chi connectivity index (χ0v) is 21.5. The first-order chi connectivity index (χ1) is 18.3. The second kappa shape index (κ2) is 8.27. The van der Waals surface area contributed by atoms with E-state index in [9.17, 15) is 14.4 Å². The average molecular weight is 518 g/mol. The third-order valence-corrected chi connectivity index (χ3v) is 7.84. The number of nitrogens with zero attached hydrogens (tertiary/aromatic N) is 1. The molecular formula is C28H27N3O7.